The number of hydrogen-bond acceptors (Lipinski definition) is 5. The number of anilines is 1. The van der Waals surface area contributed by atoms with Crippen molar-refractivity contribution < 1.29 is 17.9 Å². The number of aromatic nitrogens is 4. The molecule has 2 aromatic rings. The Morgan fingerprint density at radius 1 is 1.24 bits per heavy atom. The van der Waals surface area contributed by atoms with Crippen molar-refractivity contribution in [3.63, 3.8) is 0 Å². The first-order valence-electron chi connectivity index (χ1n) is 6.22. The molecule has 6 nitrogen and oxygen atoms in total. The van der Waals surface area contributed by atoms with Crippen LogP contribution < -0.4 is 4.90 Å². The summed E-state index contributed by atoms with van der Waals surface area (Å²) < 4.78 is 43.6. The largest absolute Gasteiger partial charge is 0.408 e. The van der Waals surface area contributed by atoms with Crippen molar-refractivity contribution >= 4 is 28.5 Å². The quantitative estimate of drug-likeness (QED) is 0.791. The van der Waals surface area contributed by atoms with E-state index in [1.165, 1.54) is 6.20 Å². The van der Waals surface area contributed by atoms with Gasteiger partial charge in [-0.1, -0.05) is 0 Å². The molecule has 0 bridgehead atoms. The second-order valence-electron chi connectivity index (χ2n) is 4.57. The molecule has 0 spiro atoms. The van der Waals surface area contributed by atoms with Gasteiger partial charge in [0.25, 0.3) is 0 Å². The molecule has 2 aromatic heterocycles. The summed E-state index contributed by atoms with van der Waals surface area (Å²) >= 11 is 5.84. The summed E-state index contributed by atoms with van der Waals surface area (Å²) in [6.45, 7) is 1.02. The summed E-state index contributed by atoms with van der Waals surface area (Å²) in [5.74, 6) is 0.488. The third-order valence-electron chi connectivity index (χ3n) is 3.09. The summed E-state index contributed by atoms with van der Waals surface area (Å²) in [5, 5.41) is 4.10. The van der Waals surface area contributed by atoms with E-state index >= 15 is 0 Å². The van der Waals surface area contributed by atoms with E-state index in [4.69, 9.17) is 16.3 Å². The summed E-state index contributed by atoms with van der Waals surface area (Å²) in [6, 6.07) is 0. The molecule has 0 aliphatic carbocycles. The third kappa shape index (κ3) is 3.03. The molecule has 10 heteroatoms. The van der Waals surface area contributed by atoms with Gasteiger partial charge < -0.3 is 9.64 Å². The Kier molecular flexibility index (Phi) is 3.62. The van der Waals surface area contributed by atoms with Crippen LogP contribution in [0.15, 0.2) is 6.20 Å². The van der Waals surface area contributed by atoms with Gasteiger partial charge in [-0.25, -0.2) is 4.68 Å². The SMILES string of the molecule is FC(F)(F)Cn1ncc2c(N3CCOCC3)nc(Cl)nc21. The molecule has 114 valence electrons. The van der Waals surface area contributed by atoms with Crippen molar-refractivity contribution in [1.82, 2.24) is 19.7 Å². The summed E-state index contributed by atoms with van der Waals surface area (Å²) in [6.07, 6.45) is -3.04. The lowest BCUT2D eigenvalue weighted by atomic mass is 10.3. The van der Waals surface area contributed by atoms with Gasteiger partial charge in [-0.05, 0) is 11.6 Å². The van der Waals surface area contributed by atoms with Crippen LogP contribution in [-0.2, 0) is 11.3 Å². The second kappa shape index (κ2) is 5.30. The Labute approximate surface area is 122 Å². The minimum absolute atomic E-state index is 0.0776. The highest BCUT2D eigenvalue weighted by Gasteiger charge is 2.30. The number of alkyl halides is 3. The molecule has 0 radical (unpaired) electrons. The summed E-state index contributed by atoms with van der Waals surface area (Å²) in [7, 11) is 0. The Morgan fingerprint density at radius 3 is 2.62 bits per heavy atom. The van der Waals surface area contributed by atoms with Crippen molar-refractivity contribution in [2.45, 2.75) is 12.7 Å². The maximum absolute atomic E-state index is 12.5. The number of fused-ring (bicyclic) bond motifs is 1. The van der Waals surface area contributed by atoms with E-state index < -0.39 is 12.7 Å². The number of halogens is 4. The molecule has 1 aliphatic heterocycles. The van der Waals surface area contributed by atoms with Crippen LogP contribution in [0.1, 0.15) is 0 Å². The molecular formula is C11H11ClF3N5O. The number of morpholine rings is 1. The molecule has 21 heavy (non-hydrogen) atoms. The zero-order chi connectivity index (χ0) is 15.0. The van der Waals surface area contributed by atoms with Crippen molar-refractivity contribution in [3.8, 4) is 0 Å². The van der Waals surface area contributed by atoms with E-state index in [1.807, 2.05) is 4.90 Å². The van der Waals surface area contributed by atoms with E-state index in [2.05, 4.69) is 15.1 Å². The van der Waals surface area contributed by atoms with Gasteiger partial charge >= 0.3 is 6.18 Å². The molecular weight excluding hydrogens is 311 g/mol. The second-order valence-corrected chi connectivity index (χ2v) is 4.91. The minimum Gasteiger partial charge on any atom is -0.378 e. The van der Waals surface area contributed by atoms with Gasteiger partial charge in [-0.15, -0.1) is 0 Å². The lowest BCUT2D eigenvalue weighted by Gasteiger charge is -2.28. The van der Waals surface area contributed by atoms with Crippen LogP contribution >= 0.6 is 11.6 Å². The van der Waals surface area contributed by atoms with Crippen molar-refractivity contribution in [3.05, 3.63) is 11.5 Å². The van der Waals surface area contributed by atoms with Gasteiger partial charge in [0, 0.05) is 13.1 Å². The molecule has 0 N–H and O–H groups in total. The maximum Gasteiger partial charge on any atom is 0.408 e. The number of nitrogens with zero attached hydrogens (tertiary/aromatic N) is 5. The highest BCUT2D eigenvalue weighted by Crippen LogP contribution is 2.27. The molecule has 1 saturated heterocycles. The zero-order valence-electron chi connectivity index (χ0n) is 10.8. The van der Waals surface area contributed by atoms with E-state index in [0.717, 1.165) is 4.68 Å². The first-order chi connectivity index (χ1) is 9.94. The highest BCUT2D eigenvalue weighted by atomic mass is 35.5. The standard InChI is InChI=1S/C11H11ClF3N5O/c12-10-17-8(19-1-3-21-4-2-19)7-5-16-20(9(7)18-10)6-11(13,14)15/h5H,1-4,6H2. The fourth-order valence-corrected chi connectivity index (χ4v) is 2.38. The zero-order valence-corrected chi connectivity index (χ0v) is 11.5. The van der Waals surface area contributed by atoms with Gasteiger partial charge in [0.15, 0.2) is 5.65 Å². The molecule has 0 aromatic carbocycles. The highest BCUT2D eigenvalue weighted by molar-refractivity contribution is 6.28. The molecule has 0 saturated carbocycles. The Hall–Kier alpha value is -1.61. The maximum atomic E-state index is 12.5. The van der Waals surface area contributed by atoms with E-state index in [0.29, 0.717) is 37.5 Å². The lowest BCUT2D eigenvalue weighted by Crippen LogP contribution is -2.37. The minimum atomic E-state index is -4.38. The van der Waals surface area contributed by atoms with E-state index in [9.17, 15) is 13.2 Å². The van der Waals surface area contributed by atoms with Crippen LogP contribution in [0.25, 0.3) is 11.0 Å². The van der Waals surface area contributed by atoms with Gasteiger partial charge in [0.05, 0.1) is 24.8 Å². The first-order valence-corrected chi connectivity index (χ1v) is 6.60. The van der Waals surface area contributed by atoms with Crippen LogP contribution in [0.3, 0.4) is 0 Å². The van der Waals surface area contributed by atoms with Gasteiger partial charge in [-0.3, -0.25) is 0 Å². The number of ether oxygens (including phenoxy) is 1. The predicted molar refractivity (Wildman–Crippen MR) is 69.4 cm³/mol. The average Bonchev–Trinajstić information content (AvgIpc) is 2.80. The van der Waals surface area contributed by atoms with Gasteiger partial charge in [-0.2, -0.15) is 28.2 Å². The number of rotatable bonds is 2. The van der Waals surface area contributed by atoms with Crippen molar-refractivity contribution in [2.24, 2.45) is 0 Å². The van der Waals surface area contributed by atoms with Gasteiger partial charge in [0.1, 0.15) is 12.4 Å². The third-order valence-corrected chi connectivity index (χ3v) is 3.26. The molecule has 3 heterocycles. The van der Waals surface area contributed by atoms with Crippen molar-refractivity contribution in [1.29, 1.82) is 0 Å². The van der Waals surface area contributed by atoms with Crippen LogP contribution in [0.4, 0.5) is 19.0 Å². The van der Waals surface area contributed by atoms with Crippen LogP contribution in [0, 0.1) is 0 Å². The topological polar surface area (TPSA) is 56.1 Å². The fraction of sp³-hybridized carbons (Fsp3) is 0.545. The van der Waals surface area contributed by atoms with Gasteiger partial charge in [0.2, 0.25) is 5.28 Å². The molecule has 1 fully saturated rings. The molecule has 0 amide bonds. The normalized spacial score (nSPS) is 16.7. The number of hydrogen-bond donors (Lipinski definition) is 0. The molecule has 1 aliphatic rings. The van der Waals surface area contributed by atoms with Crippen molar-refractivity contribution in [2.75, 3.05) is 31.2 Å². The van der Waals surface area contributed by atoms with E-state index in [-0.39, 0.29) is 10.9 Å². The molecule has 0 unspecified atom stereocenters. The Bertz CT molecular complexity index is 653. The first kappa shape index (κ1) is 14.3. The van der Waals surface area contributed by atoms with Crippen LogP contribution in [-0.4, -0.2) is 52.2 Å². The van der Waals surface area contributed by atoms with E-state index in [1.54, 1.807) is 0 Å². The summed E-state index contributed by atoms with van der Waals surface area (Å²) in [5.41, 5.74) is 0.0776. The van der Waals surface area contributed by atoms with Crippen LogP contribution in [0.2, 0.25) is 5.28 Å². The Balaban J connectivity index is 2.05. The lowest BCUT2D eigenvalue weighted by molar-refractivity contribution is -0.141. The average molecular weight is 322 g/mol. The smallest absolute Gasteiger partial charge is 0.378 e. The predicted octanol–water partition coefficient (Wildman–Crippen LogP) is 1.88. The fourth-order valence-electron chi connectivity index (χ4n) is 2.22. The Morgan fingerprint density at radius 2 is 1.95 bits per heavy atom. The molecule has 3 rings (SSSR count). The summed E-state index contributed by atoms with van der Waals surface area (Å²) in [4.78, 5) is 9.90. The van der Waals surface area contributed by atoms with Crippen LogP contribution in [0.5, 0.6) is 0 Å². The molecule has 0 atom stereocenters. The monoisotopic (exact) mass is 321 g/mol.